The van der Waals surface area contributed by atoms with E-state index in [1.807, 2.05) is 24.3 Å². The Kier molecular flexibility index (Phi) is 10.6. The standard InChI is InChI=1S/C17H19N3O5.C17H21N3O4/c1-19-15-10(5-3-7-14(22)23)4-2-6-11(15)20(17(19)25)12-8-9-13(21)18-16(12)24;1-19-15-11(5-2-3-10-21)6-4-7-12(15)20(17(19)24)13-8-9-14(22)18-16(13)23/h2,4,6,12H,3,5,7-9H2,1H3,(H,22,23)(H,18,21,24);4,6-7,13,21H,2-3,5,8-10H2,1H3,(H,18,22,23). The Morgan fingerprint density at radius 2 is 1.16 bits per heavy atom. The van der Waals surface area contributed by atoms with Crippen molar-refractivity contribution >= 4 is 51.7 Å². The van der Waals surface area contributed by atoms with Gasteiger partial charge < -0.3 is 10.2 Å². The van der Waals surface area contributed by atoms with Gasteiger partial charge in [-0.05, 0) is 68.2 Å². The second-order valence-electron chi connectivity index (χ2n) is 12.4. The van der Waals surface area contributed by atoms with Crippen LogP contribution in [-0.4, -0.2) is 64.7 Å². The third-order valence-electron chi connectivity index (χ3n) is 9.11. The first-order valence-corrected chi connectivity index (χ1v) is 16.3. The van der Waals surface area contributed by atoms with Crippen LogP contribution in [0.2, 0.25) is 0 Å². The zero-order valence-corrected chi connectivity index (χ0v) is 27.4. The number of carboxylic acids is 1. The third kappa shape index (κ3) is 7.11. The highest BCUT2D eigenvalue weighted by Gasteiger charge is 2.33. The molecule has 15 heteroatoms. The predicted octanol–water partition coefficient (Wildman–Crippen LogP) is 1.36. The molecule has 4 heterocycles. The number of aryl methyl sites for hydroxylation is 4. The molecule has 0 bridgehead atoms. The van der Waals surface area contributed by atoms with E-state index in [1.165, 1.54) is 13.7 Å². The molecule has 49 heavy (non-hydrogen) atoms. The van der Waals surface area contributed by atoms with Gasteiger partial charge in [0.25, 0.3) is 0 Å². The molecule has 15 nitrogen and oxygen atoms in total. The van der Waals surface area contributed by atoms with Gasteiger partial charge in [0, 0.05) is 40.0 Å². The van der Waals surface area contributed by atoms with Crippen LogP contribution in [0.4, 0.5) is 0 Å². The average molecular weight is 677 g/mol. The lowest BCUT2D eigenvalue weighted by molar-refractivity contribution is -0.137. The molecule has 4 N–H and O–H groups in total. The van der Waals surface area contributed by atoms with E-state index in [0.717, 1.165) is 29.5 Å². The number of aliphatic carboxylic acids is 1. The molecule has 0 saturated carbocycles. The largest absolute Gasteiger partial charge is 0.481 e. The van der Waals surface area contributed by atoms with E-state index < -0.39 is 29.9 Å². The Morgan fingerprint density at radius 1 is 0.714 bits per heavy atom. The van der Waals surface area contributed by atoms with Gasteiger partial charge in [-0.3, -0.25) is 52.9 Å². The average Bonchev–Trinajstić information content (AvgIpc) is 3.46. The first-order valence-electron chi connectivity index (χ1n) is 16.3. The number of fused-ring (bicyclic) bond motifs is 2. The van der Waals surface area contributed by atoms with Gasteiger partial charge in [-0.2, -0.15) is 0 Å². The summed E-state index contributed by atoms with van der Waals surface area (Å²) in [6.45, 7) is 0.145. The maximum absolute atomic E-state index is 12.7. The van der Waals surface area contributed by atoms with Gasteiger partial charge in [-0.1, -0.05) is 24.3 Å². The second kappa shape index (κ2) is 14.8. The molecule has 0 aliphatic carbocycles. The van der Waals surface area contributed by atoms with Crippen LogP contribution in [0.3, 0.4) is 0 Å². The van der Waals surface area contributed by atoms with E-state index >= 15 is 0 Å². The van der Waals surface area contributed by atoms with Gasteiger partial charge in [0.15, 0.2) is 0 Å². The normalized spacial score (nSPS) is 17.9. The molecule has 2 saturated heterocycles. The zero-order chi connectivity index (χ0) is 35.4. The van der Waals surface area contributed by atoms with Crippen molar-refractivity contribution < 1.29 is 34.2 Å². The van der Waals surface area contributed by atoms with E-state index in [-0.39, 0.29) is 55.5 Å². The molecular formula is C34H40N6O9. The van der Waals surface area contributed by atoms with Gasteiger partial charge in [-0.25, -0.2) is 9.59 Å². The lowest BCUT2D eigenvalue weighted by Gasteiger charge is -2.21. The Morgan fingerprint density at radius 3 is 1.57 bits per heavy atom. The van der Waals surface area contributed by atoms with Crippen LogP contribution >= 0.6 is 0 Å². The van der Waals surface area contributed by atoms with Crippen molar-refractivity contribution in [2.75, 3.05) is 6.61 Å². The fourth-order valence-corrected chi connectivity index (χ4v) is 6.76. The minimum Gasteiger partial charge on any atom is -0.481 e. The number of unbranched alkanes of at least 4 members (excludes halogenated alkanes) is 1. The predicted molar refractivity (Wildman–Crippen MR) is 178 cm³/mol. The number of imide groups is 2. The van der Waals surface area contributed by atoms with Gasteiger partial charge in [-0.15, -0.1) is 0 Å². The smallest absolute Gasteiger partial charge is 0.329 e. The van der Waals surface area contributed by atoms with Gasteiger partial charge in [0.2, 0.25) is 23.6 Å². The summed E-state index contributed by atoms with van der Waals surface area (Å²) in [5.74, 6) is -2.38. The zero-order valence-electron chi connectivity index (χ0n) is 27.4. The van der Waals surface area contributed by atoms with Crippen molar-refractivity contribution in [2.45, 2.75) is 76.3 Å². The Labute approximate surface area is 280 Å². The van der Waals surface area contributed by atoms with E-state index in [9.17, 15) is 33.6 Å². The number of aromatic nitrogens is 4. The summed E-state index contributed by atoms with van der Waals surface area (Å²) < 4.78 is 5.97. The van der Waals surface area contributed by atoms with Crippen molar-refractivity contribution in [1.82, 2.24) is 28.9 Å². The first-order chi connectivity index (χ1) is 23.4. The number of carboxylic acid groups (broad SMARTS) is 1. The highest BCUT2D eigenvalue weighted by Crippen LogP contribution is 2.27. The van der Waals surface area contributed by atoms with Gasteiger partial charge in [0.1, 0.15) is 12.1 Å². The number of imidazole rings is 2. The lowest BCUT2D eigenvalue weighted by atomic mass is 10.0. The number of hydrogen-bond donors (Lipinski definition) is 4. The number of aliphatic hydroxyl groups is 1. The van der Waals surface area contributed by atoms with Crippen LogP contribution in [-0.2, 0) is 50.9 Å². The molecule has 2 unspecified atom stereocenters. The molecule has 2 aliphatic rings. The van der Waals surface area contributed by atoms with Crippen LogP contribution < -0.4 is 22.0 Å². The van der Waals surface area contributed by atoms with E-state index in [1.54, 1.807) is 30.8 Å². The topological polar surface area (TPSA) is 204 Å². The van der Waals surface area contributed by atoms with Crippen molar-refractivity contribution in [2.24, 2.45) is 14.1 Å². The Hall–Kier alpha value is -5.31. The number of aliphatic hydroxyl groups excluding tert-OH is 1. The van der Waals surface area contributed by atoms with Crippen LogP contribution in [0.15, 0.2) is 46.0 Å². The Balaban J connectivity index is 0.000000191. The molecule has 0 radical (unpaired) electrons. The minimum atomic E-state index is -0.859. The summed E-state index contributed by atoms with van der Waals surface area (Å²) >= 11 is 0. The number of piperidine rings is 2. The molecule has 2 fully saturated rings. The molecule has 0 spiro atoms. The Bertz CT molecular complexity index is 2070. The number of carbonyl (C=O) groups is 5. The number of rotatable bonds is 10. The molecule has 6 rings (SSSR count). The molecule has 2 atom stereocenters. The fraction of sp³-hybridized carbons (Fsp3) is 0.441. The number of amides is 4. The molecule has 4 amide bonds. The summed E-state index contributed by atoms with van der Waals surface area (Å²) in [7, 11) is 3.33. The van der Waals surface area contributed by atoms with Crippen LogP contribution in [0.25, 0.3) is 22.1 Å². The number of carbonyl (C=O) groups excluding carboxylic acids is 4. The van der Waals surface area contributed by atoms with Crippen LogP contribution in [0, 0.1) is 0 Å². The fourth-order valence-electron chi connectivity index (χ4n) is 6.76. The number of hydrogen-bond acceptors (Lipinski definition) is 8. The molecule has 4 aromatic rings. The van der Waals surface area contributed by atoms with Gasteiger partial charge in [0.05, 0.1) is 22.1 Å². The maximum Gasteiger partial charge on any atom is 0.329 e. The highest BCUT2D eigenvalue weighted by atomic mass is 16.4. The summed E-state index contributed by atoms with van der Waals surface area (Å²) in [6, 6.07) is 9.71. The molecule has 260 valence electrons. The SMILES string of the molecule is Cn1c(=O)n(C2CCC(=O)NC2=O)c2cccc(CCCC(=O)O)c21.Cn1c(=O)n(C2CCC(=O)NC2=O)c2cccc(CCCCO)c21. The lowest BCUT2D eigenvalue weighted by Crippen LogP contribution is -2.44. The van der Waals surface area contributed by atoms with Crippen molar-refractivity contribution in [3.8, 4) is 0 Å². The van der Waals surface area contributed by atoms with Gasteiger partial charge >= 0.3 is 17.3 Å². The monoisotopic (exact) mass is 676 g/mol. The number of para-hydroxylation sites is 2. The number of nitrogens with zero attached hydrogens (tertiary/aromatic N) is 4. The van der Waals surface area contributed by atoms with E-state index in [4.69, 9.17) is 10.2 Å². The second-order valence-corrected chi connectivity index (χ2v) is 12.4. The first kappa shape index (κ1) is 35.0. The molecular weight excluding hydrogens is 636 g/mol. The highest BCUT2D eigenvalue weighted by molar-refractivity contribution is 6.01. The number of nitrogens with one attached hydrogen (secondary N) is 2. The maximum atomic E-state index is 12.7. The van der Waals surface area contributed by atoms with Crippen molar-refractivity contribution in [3.05, 3.63) is 68.5 Å². The van der Waals surface area contributed by atoms with Crippen LogP contribution in [0.1, 0.15) is 74.6 Å². The number of benzene rings is 2. The van der Waals surface area contributed by atoms with Crippen molar-refractivity contribution in [3.63, 3.8) is 0 Å². The molecule has 2 aromatic heterocycles. The minimum absolute atomic E-state index is 0.0538. The van der Waals surface area contributed by atoms with Crippen LogP contribution in [0.5, 0.6) is 0 Å². The molecule has 2 aliphatic heterocycles. The summed E-state index contributed by atoms with van der Waals surface area (Å²) in [5, 5.41) is 22.3. The molecule has 2 aromatic carbocycles. The van der Waals surface area contributed by atoms with E-state index in [2.05, 4.69) is 10.6 Å². The van der Waals surface area contributed by atoms with Crippen molar-refractivity contribution in [1.29, 1.82) is 0 Å². The quantitative estimate of drug-likeness (QED) is 0.141. The summed E-state index contributed by atoms with van der Waals surface area (Å²) in [4.78, 5) is 83.2. The third-order valence-corrected chi connectivity index (χ3v) is 9.11. The summed E-state index contributed by atoms with van der Waals surface area (Å²) in [5.41, 5.74) is 4.14. The summed E-state index contributed by atoms with van der Waals surface area (Å²) in [6.07, 6.45) is 4.37. The van der Waals surface area contributed by atoms with E-state index in [0.29, 0.717) is 42.2 Å².